The third-order valence-corrected chi connectivity index (χ3v) is 4.40. The number of aromatic nitrogens is 1. The van der Waals surface area contributed by atoms with E-state index in [4.69, 9.17) is 4.42 Å². The number of nitrogens with zero attached hydrogens (tertiary/aromatic N) is 1. The van der Waals surface area contributed by atoms with Crippen molar-refractivity contribution in [3.63, 3.8) is 0 Å². The van der Waals surface area contributed by atoms with E-state index in [1.807, 2.05) is 0 Å². The fourth-order valence-electron chi connectivity index (χ4n) is 2.99. The van der Waals surface area contributed by atoms with Gasteiger partial charge in [0.05, 0.1) is 11.3 Å². The van der Waals surface area contributed by atoms with E-state index in [1.165, 1.54) is 42.5 Å². The first-order valence-electron chi connectivity index (χ1n) is 9.18. The number of amides is 2. The van der Waals surface area contributed by atoms with E-state index < -0.39 is 23.4 Å². The smallest absolute Gasteiger partial charge is 0.278 e. The summed E-state index contributed by atoms with van der Waals surface area (Å²) in [4.78, 5) is 29.4. The van der Waals surface area contributed by atoms with Crippen LogP contribution in [0.1, 0.15) is 20.8 Å². The molecule has 154 valence electrons. The number of hydrogen-bond acceptors (Lipinski definition) is 4. The fraction of sp³-hybridized carbons (Fsp3) is 0. The molecule has 0 atom stereocenters. The van der Waals surface area contributed by atoms with Gasteiger partial charge in [0.25, 0.3) is 11.8 Å². The Hall–Kier alpha value is -4.33. The van der Waals surface area contributed by atoms with E-state index in [2.05, 4.69) is 15.6 Å². The van der Waals surface area contributed by atoms with Gasteiger partial charge in [-0.05, 0) is 36.4 Å². The number of oxazole rings is 1. The molecular formula is C23H15F2N3O3. The second-order valence-corrected chi connectivity index (χ2v) is 6.47. The standard InChI is InChI=1S/C23H15F2N3O3/c24-14-6-5-7-15(12-14)27-22(29)17-9-2-1-8-16(17)21-20(26-13-31-21)23(30)28-19-11-4-3-10-18(19)25/h1-13H,(H,27,29)(H,28,30). The molecule has 0 unspecified atom stereocenters. The average molecular weight is 419 g/mol. The van der Waals surface area contributed by atoms with Gasteiger partial charge < -0.3 is 15.1 Å². The first-order valence-corrected chi connectivity index (χ1v) is 9.18. The third-order valence-electron chi connectivity index (χ3n) is 4.40. The second kappa shape index (κ2) is 8.58. The van der Waals surface area contributed by atoms with Crippen LogP contribution in [-0.2, 0) is 0 Å². The minimum atomic E-state index is -0.700. The molecule has 0 saturated carbocycles. The topological polar surface area (TPSA) is 84.2 Å². The normalized spacial score (nSPS) is 10.5. The first kappa shape index (κ1) is 20.0. The average Bonchev–Trinajstić information content (AvgIpc) is 3.25. The second-order valence-electron chi connectivity index (χ2n) is 6.47. The molecule has 2 amide bonds. The monoisotopic (exact) mass is 419 g/mol. The zero-order chi connectivity index (χ0) is 21.8. The summed E-state index contributed by atoms with van der Waals surface area (Å²) in [5.41, 5.74) is 0.624. The van der Waals surface area contributed by atoms with E-state index >= 15 is 0 Å². The van der Waals surface area contributed by atoms with Crippen molar-refractivity contribution in [2.75, 3.05) is 10.6 Å². The van der Waals surface area contributed by atoms with Crippen molar-refractivity contribution in [1.82, 2.24) is 4.98 Å². The van der Waals surface area contributed by atoms with Crippen molar-refractivity contribution in [2.24, 2.45) is 0 Å². The number of rotatable bonds is 5. The largest absolute Gasteiger partial charge is 0.443 e. The van der Waals surface area contributed by atoms with Gasteiger partial charge in [0, 0.05) is 11.3 Å². The van der Waals surface area contributed by atoms with Crippen LogP contribution in [0.2, 0.25) is 0 Å². The molecule has 6 nitrogen and oxygen atoms in total. The number of para-hydroxylation sites is 1. The lowest BCUT2D eigenvalue weighted by molar-refractivity contribution is 0.101. The van der Waals surface area contributed by atoms with E-state index in [-0.39, 0.29) is 28.4 Å². The molecule has 0 aliphatic heterocycles. The Morgan fingerprint density at radius 2 is 1.61 bits per heavy atom. The molecule has 0 spiro atoms. The van der Waals surface area contributed by atoms with Gasteiger partial charge in [-0.1, -0.05) is 36.4 Å². The summed E-state index contributed by atoms with van der Waals surface area (Å²) in [7, 11) is 0. The number of benzene rings is 3. The Labute approximate surface area is 175 Å². The molecule has 8 heteroatoms. The lowest BCUT2D eigenvalue weighted by Gasteiger charge is -2.10. The molecule has 2 N–H and O–H groups in total. The van der Waals surface area contributed by atoms with E-state index in [9.17, 15) is 18.4 Å². The van der Waals surface area contributed by atoms with Gasteiger partial charge in [-0.3, -0.25) is 9.59 Å². The molecule has 0 aliphatic rings. The van der Waals surface area contributed by atoms with Crippen molar-refractivity contribution in [3.05, 3.63) is 102 Å². The van der Waals surface area contributed by atoms with Crippen molar-refractivity contribution in [1.29, 1.82) is 0 Å². The Morgan fingerprint density at radius 3 is 2.42 bits per heavy atom. The van der Waals surface area contributed by atoms with Crippen LogP contribution in [0.3, 0.4) is 0 Å². The zero-order valence-electron chi connectivity index (χ0n) is 15.9. The van der Waals surface area contributed by atoms with Crippen LogP contribution in [0.25, 0.3) is 11.3 Å². The summed E-state index contributed by atoms with van der Waals surface area (Å²) in [6, 6.07) is 17.6. The van der Waals surface area contributed by atoms with Gasteiger partial charge in [0.1, 0.15) is 11.6 Å². The van der Waals surface area contributed by atoms with Crippen molar-refractivity contribution >= 4 is 23.2 Å². The summed E-state index contributed by atoms with van der Waals surface area (Å²) in [5.74, 6) is -2.28. The molecule has 3 aromatic carbocycles. The van der Waals surface area contributed by atoms with Gasteiger partial charge in [-0.15, -0.1) is 0 Å². The molecule has 31 heavy (non-hydrogen) atoms. The van der Waals surface area contributed by atoms with Gasteiger partial charge in [-0.25, -0.2) is 13.8 Å². The Balaban J connectivity index is 1.65. The van der Waals surface area contributed by atoms with Gasteiger partial charge in [-0.2, -0.15) is 0 Å². The minimum absolute atomic E-state index is 0.0152. The van der Waals surface area contributed by atoms with Crippen LogP contribution in [0.4, 0.5) is 20.2 Å². The summed E-state index contributed by atoms with van der Waals surface area (Å²) < 4.78 is 32.7. The molecule has 4 rings (SSSR count). The van der Waals surface area contributed by atoms with Crippen molar-refractivity contribution in [2.45, 2.75) is 0 Å². The highest BCUT2D eigenvalue weighted by molar-refractivity contribution is 6.11. The number of carbonyl (C=O) groups excluding carboxylic acids is 2. The number of carbonyl (C=O) groups is 2. The highest BCUT2D eigenvalue weighted by atomic mass is 19.1. The minimum Gasteiger partial charge on any atom is -0.443 e. The number of nitrogens with one attached hydrogen (secondary N) is 2. The molecule has 0 aliphatic carbocycles. The Morgan fingerprint density at radius 1 is 0.839 bits per heavy atom. The van der Waals surface area contributed by atoms with Crippen LogP contribution >= 0.6 is 0 Å². The molecule has 0 radical (unpaired) electrons. The van der Waals surface area contributed by atoms with Gasteiger partial charge in [0.2, 0.25) is 0 Å². The van der Waals surface area contributed by atoms with E-state index in [0.29, 0.717) is 5.56 Å². The maximum Gasteiger partial charge on any atom is 0.278 e. The van der Waals surface area contributed by atoms with Crippen LogP contribution in [0.15, 0.2) is 83.6 Å². The molecule has 4 aromatic rings. The molecule has 0 bridgehead atoms. The summed E-state index contributed by atoms with van der Waals surface area (Å²) >= 11 is 0. The lowest BCUT2D eigenvalue weighted by Crippen LogP contribution is -2.16. The third kappa shape index (κ3) is 4.32. The van der Waals surface area contributed by atoms with Crippen LogP contribution < -0.4 is 10.6 Å². The predicted molar refractivity (Wildman–Crippen MR) is 111 cm³/mol. The lowest BCUT2D eigenvalue weighted by atomic mass is 10.0. The predicted octanol–water partition coefficient (Wildman–Crippen LogP) is 5.12. The Bertz CT molecular complexity index is 1270. The van der Waals surface area contributed by atoms with Crippen LogP contribution in [0, 0.1) is 11.6 Å². The van der Waals surface area contributed by atoms with Gasteiger partial charge >= 0.3 is 0 Å². The highest BCUT2D eigenvalue weighted by Gasteiger charge is 2.23. The quantitative estimate of drug-likeness (QED) is 0.470. The summed E-state index contributed by atoms with van der Waals surface area (Å²) in [6.45, 7) is 0. The highest BCUT2D eigenvalue weighted by Crippen LogP contribution is 2.28. The number of anilines is 2. The molecule has 0 fully saturated rings. The molecule has 1 heterocycles. The molecule has 1 aromatic heterocycles. The number of hydrogen-bond donors (Lipinski definition) is 2. The summed E-state index contributed by atoms with van der Waals surface area (Å²) in [5, 5.41) is 5.05. The van der Waals surface area contributed by atoms with Crippen LogP contribution in [0.5, 0.6) is 0 Å². The first-order chi connectivity index (χ1) is 15.0. The maximum absolute atomic E-state index is 13.9. The van der Waals surface area contributed by atoms with Gasteiger partial charge in [0.15, 0.2) is 17.8 Å². The zero-order valence-corrected chi connectivity index (χ0v) is 15.9. The van der Waals surface area contributed by atoms with Crippen molar-refractivity contribution in [3.8, 4) is 11.3 Å². The van der Waals surface area contributed by atoms with Crippen molar-refractivity contribution < 1.29 is 22.8 Å². The fourth-order valence-corrected chi connectivity index (χ4v) is 2.99. The Kier molecular flexibility index (Phi) is 5.53. The molecule has 0 saturated heterocycles. The van der Waals surface area contributed by atoms with E-state index in [0.717, 1.165) is 6.39 Å². The maximum atomic E-state index is 13.9. The molecular weight excluding hydrogens is 404 g/mol. The number of halogens is 2. The SMILES string of the molecule is O=C(Nc1cccc(F)c1)c1ccccc1-c1ocnc1C(=O)Nc1ccccc1F. The van der Waals surface area contributed by atoms with E-state index in [1.54, 1.807) is 30.3 Å². The van der Waals surface area contributed by atoms with Crippen LogP contribution in [-0.4, -0.2) is 16.8 Å². The summed E-state index contributed by atoms with van der Waals surface area (Å²) in [6.07, 6.45) is 1.06.